The first kappa shape index (κ1) is 15.9. The van der Waals surface area contributed by atoms with E-state index in [2.05, 4.69) is 5.32 Å². The Morgan fingerprint density at radius 1 is 1.45 bits per heavy atom. The van der Waals surface area contributed by atoms with Gasteiger partial charge in [-0.2, -0.15) is 0 Å². The minimum absolute atomic E-state index is 0.216. The van der Waals surface area contributed by atoms with Crippen LogP contribution in [0.1, 0.15) is 31.7 Å². The molecule has 0 aliphatic carbocycles. The van der Waals surface area contributed by atoms with Crippen molar-refractivity contribution in [2.24, 2.45) is 0 Å². The number of hydrogen-bond donors (Lipinski definition) is 2. The molecule has 0 fully saturated rings. The number of carbonyl (C=O) groups is 2. The molecule has 0 saturated heterocycles. The Labute approximate surface area is 117 Å². The fraction of sp³-hybridized carbons (Fsp3) is 0.333. The fourth-order valence-corrected chi connectivity index (χ4v) is 1.72. The van der Waals surface area contributed by atoms with E-state index in [0.29, 0.717) is 5.56 Å². The van der Waals surface area contributed by atoms with E-state index >= 15 is 0 Å². The third-order valence-corrected chi connectivity index (χ3v) is 2.96. The summed E-state index contributed by atoms with van der Waals surface area (Å²) in [6, 6.07) is 4.74. The maximum Gasteiger partial charge on any atom is 0.326 e. The second-order valence-corrected chi connectivity index (χ2v) is 4.48. The van der Waals surface area contributed by atoms with Crippen LogP contribution in [0.5, 0.6) is 0 Å². The number of carboxylic acids is 1. The molecule has 1 aromatic rings. The normalized spacial score (nSPS) is 13.9. The predicted molar refractivity (Wildman–Crippen MR) is 73.8 cm³/mol. The quantitative estimate of drug-likeness (QED) is 0.786. The molecule has 0 saturated carbocycles. The van der Waals surface area contributed by atoms with Gasteiger partial charge in [-0.25, -0.2) is 9.18 Å². The van der Waals surface area contributed by atoms with Gasteiger partial charge in [-0.3, -0.25) is 4.79 Å². The summed E-state index contributed by atoms with van der Waals surface area (Å²) in [6.07, 6.45) is 3.61. The molecule has 2 atom stereocenters. The lowest BCUT2D eigenvalue weighted by Gasteiger charge is -2.17. The summed E-state index contributed by atoms with van der Waals surface area (Å²) < 4.78 is 13.1. The molecule has 2 unspecified atom stereocenters. The monoisotopic (exact) mass is 279 g/mol. The van der Waals surface area contributed by atoms with Gasteiger partial charge >= 0.3 is 5.97 Å². The zero-order chi connectivity index (χ0) is 15.1. The summed E-state index contributed by atoms with van der Waals surface area (Å²) in [5.74, 6) is -2.57. The minimum atomic E-state index is -1.09. The Hall–Kier alpha value is -2.17. The summed E-state index contributed by atoms with van der Waals surface area (Å²) in [5.41, 5.74) is 0.512. The minimum Gasteiger partial charge on any atom is -0.480 e. The Kier molecular flexibility index (Phi) is 5.90. The van der Waals surface area contributed by atoms with E-state index in [-0.39, 0.29) is 6.42 Å². The largest absolute Gasteiger partial charge is 0.480 e. The van der Waals surface area contributed by atoms with Gasteiger partial charge in [-0.15, -0.1) is 0 Å². The van der Waals surface area contributed by atoms with Crippen LogP contribution in [0.4, 0.5) is 4.39 Å². The molecule has 4 nitrogen and oxygen atoms in total. The molecule has 1 amide bonds. The van der Waals surface area contributed by atoms with E-state index in [1.54, 1.807) is 32.1 Å². The van der Waals surface area contributed by atoms with Crippen molar-refractivity contribution in [2.75, 3.05) is 0 Å². The lowest BCUT2D eigenvalue weighted by atomic mass is 9.99. The van der Waals surface area contributed by atoms with Gasteiger partial charge in [0.2, 0.25) is 5.91 Å². The summed E-state index contributed by atoms with van der Waals surface area (Å²) in [6.45, 7) is 3.38. The molecule has 20 heavy (non-hydrogen) atoms. The Morgan fingerprint density at radius 3 is 2.70 bits per heavy atom. The lowest BCUT2D eigenvalue weighted by molar-refractivity contribution is -0.141. The number of aliphatic carboxylic acids is 1. The van der Waals surface area contributed by atoms with Crippen molar-refractivity contribution >= 4 is 11.9 Å². The topological polar surface area (TPSA) is 66.4 Å². The number of hydrogen-bond acceptors (Lipinski definition) is 2. The smallest absolute Gasteiger partial charge is 0.326 e. The molecule has 0 spiro atoms. The first-order valence-corrected chi connectivity index (χ1v) is 6.35. The van der Waals surface area contributed by atoms with Crippen LogP contribution in [-0.4, -0.2) is 23.0 Å². The summed E-state index contributed by atoms with van der Waals surface area (Å²) >= 11 is 0. The number of allylic oxidation sites excluding steroid dienone is 1. The van der Waals surface area contributed by atoms with Crippen molar-refractivity contribution in [3.05, 3.63) is 47.8 Å². The van der Waals surface area contributed by atoms with Crippen molar-refractivity contribution < 1.29 is 19.1 Å². The highest BCUT2D eigenvalue weighted by atomic mass is 19.1. The van der Waals surface area contributed by atoms with Crippen LogP contribution in [-0.2, 0) is 9.59 Å². The molecular formula is C15H18FNO3. The molecule has 0 aliphatic rings. The van der Waals surface area contributed by atoms with Crippen molar-refractivity contribution in [3.63, 3.8) is 0 Å². The SMILES string of the molecule is C/C=C/CC(NC(=O)C(C)c1cccc(F)c1)C(=O)O. The number of amides is 1. The van der Waals surface area contributed by atoms with Gasteiger partial charge in [0.05, 0.1) is 5.92 Å². The maximum atomic E-state index is 13.1. The molecule has 5 heteroatoms. The van der Waals surface area contributed by atoms with E-state index in [1.165, 1.54) is 18.2 Å². The van der Waals surface area contributed by atoms with Gasteiger partial charge in [0.1, 0.15) is 11.9 Å². The third kappa shape index (κ3) is 4.50. The molecule has 0 aliphatic heterocycles. The number of carbonyl (C=O) groups excluding carboxylic acids is 1. The molecule has 1 aromatic carbocycles. The zero-order valence-electron chi connectivity index (χ0n) is 11.5. The van der Waals surface area contributed by atoms with E-state index in [1.807, 2.05) is 0 Å². The number of benzene rings is 1. The first-order valence-electron chi connectivity index (χ1n) is 6.35. The number of nitrogens with one attached hydrogen (secondary N) is 1. The van der Waals surface area contributed by atoms with Gasteiger partial charge in [0.25, 0.3) is 0 Å². The molecule has 1 rings (SSSR count). The second kappa shape index (κ2) is 7.43. The van der Waals surface area contributed by atoms with Gasteiger partial charge in [-0.05, 0) is 38.0 Å². The van der Waals surface area contributed by atoms with Crippen LogP contribution in [0.15, 0.2) is 36.4 Å². The average Bonchev–Trinajstić information content (AvgIpc) is 2.42. The molecule has 0 bridgehead atoms. The molecule has 0 heterocycles. The predicted octanol–water partition coefficient (Wildman–Crippen LogP) is 2.46. The molecule has 0 radical (unpaired) electrons. The average molecular weight is 279 g/mol. The number of carboxylic acid groups (broad SMARTS) is 1. The van der Waals surface area contributed by atoms with Crippen molar-refractivity contribution in [1.82, 2.24) is 5.32 Å². The summed E-state index contributed by atoms with van der Waals surface area (Å²) in [5, 5.41) is 11.5. The fourth-order valence-electron chi connectivity index (χ4n) is 1.72. The zero-order valence-corrected chi connectivity index (χ0v) is 11.5. The standard InChI is InChI=1S/C15H18FNO3/c1-3-4-8-13(15(19)20)17-14(18)10(2)11-6-5-7-12(16)9-11/h3-7,9-10,13H,8H2,1-2H3,(H,17,18)(H,19,20)/b4-3+. The van der Waals surface area contributed by atoms with Crippen molar-refractivity contribution in [1.29, 1.82) is 0 Å². The summed E-state index contributed by atoms with van der Waals surface area (Å²) in [4.78, 5) is 23.1. The van der Waals surface area contributed by atoms with Crippen LogP contribution in [0.2, 0.25) is 0 Å². The van der Waals surface area contributed by atoms with E-state index in [4.69, 9.17) is 5.11 Å². The number of rotatable bonds is 6. The first-order chi connectivity index (χ1) is 9.45. The molecule has 2 N–H and O–H groups in total. The van der Waals surface area contributed by atoms with Crippen LogP contribution in [0.3, 0.4) is 0 Å². The van der Waals surface area contributed by atoms with Crippen LogP contribution < -0.4 is 5.32 Å². The van der Waals surface area contributed by atoms with E-state index in [9.17, 15) is 14.0 Å². The van der Waals surface area contributed by atoms with Crippen LogP contribution >= 0.6 is 0 Å². The van der Waals surface area contributed by atoms with Crippen molar-refractivity contribution in [2.45, 2.75) is 32.2 Å². The highest BCUT2D eigenvalue weighted by Crippen LogP contribution is 2.16. The van der Waals surface area contributed by atoms with E-state index in [0.717, 1.165) is 0 Å². The maximum absolute atomic E-state index is 13.1. The summed E-state index contributed by atoms with van der Waals surface area (Å²) in [7, 11) is 0. The number of halogens is 1. The second-order valence-electron chi connectivity index (χ2n) is 4.48. The van der Waals surface area contributed by atoms with Gasteiger partial charge in [-0.1, -0.05) is 24.3 Å². The highest BCUT2D eigenvalue weighted by molar-refractivity contribution is 5.87. The molecule has 0 aromatic heterocycles. The van der Waals surface area contributed by atoms with Crippen LogP contribution in [0, 0.1) is 5.82 Å². The van der Waals surface area contributed by atoms with Gasteiger partial charge in [0, 0.05) is 0 Å². The van der Waals surface area contributed by atoms with E-state index < -0.39 is 29.7 Å². The Morgan fingerprint density at radius 2 is 2.15 bits per heavy atom. The van der Waals surface area contributed by atoms with Crippen LogP contribution in [0.25, 0.3) is 0 Å². The van der Waals surface area contributed by atoms with Gasteiger partial charge in [0.15, 0.2) is 0 Å². The lowest BCUT2D eigenvalue weighted by Crippen LogP contribution is -2.42. The molecule has 108 valence electrons. The third-order valence-electron chi connectivity index (χ3n) is 2.96. The highest BCUT2D eigenvalue weighted by Gasteiger charge is 2.22. The van der Waals surface area contributed by atoms with Crippen molar-refractivity contribution in [3.8, 4) is 0 Å². The Balaban J connectivity index is 2.75. The molecular weight excluding hydrogens is 261 g/mol. The van der Waals surface area contributed by atoms with Gasteiger partial charge < -0.3 is 10.4 Å². The Bertz CT molecular complexity index is 514.